The molecule has 3 aromatic carbocycles. The van der Waals surface area contributed by atoms with E-state index in [1.807, 2.05) is 72.8 Å². The van der Waals surface area contributed by atoms with Gasteiger partial charge in [-0.05, 0) is 42.0 Å². The maximum atomic E-state index is 11.1. The third-order valence-electron chi connectivity index (χ3n) is 5.50. The second-order valence-electron chi connectivity index (χ2n) is 7.74. The van der Waals surface area contributed by atoms with Crippen molar-refractivity contribution in [1.82, 2.24) is 0 Å². The molecule has 0 unspecified atom stereocenters. The van der Waals surface area contributed by atoms with Crippen LogP contribution in [0.1, 0.15) is 11.1 Å². The first kappa shape index (κ1) is 24.3. The first-order valence-corrected chi connectivity index (χ1v) is 11.9. The van der Waals surface area contributed by atoms with Gasteiger partial charge in [0.25, 0.3) is 0 Å². The van der Waals surface area contributed by atoms with Crippen molar-refractivity contribution in [3.63, 3.8) is 0 Å². The monoisotopic (exact) mass is 490 g/mol. The molecule has 0 spiro atoms. The quantitative estimate of drug-likeness (QED) is 0.252. The number of carboxylic acids is 1. The molecular formula is C28H26O6S. The van der Waals surface area contributed by atoms with Crippen molar-refractivity contribution in [2.45, 2.75) is 17.1 Å². The predicted octanol–water partition coefficient (Wildman–Crippen LogP) is 6.56. The first-order chi connectivity index (χ1) is 17.0. The van der Waals surface area contributed by atoms with E-state index in [2.05, 4.69) is 0 Å². The van der Waals surface area contributed by atoms with Gasteiger partial charge in [-0.3, -0.25) is 4.79 Å². The molecular weight excluding hydrogens is 464 g/mol. The molecule has 4 rings (SSSR count). The lowest BCUT2D eigenvalue weighted by Crippen LogP contribution is -1.99. The summed E-state index contributed by atoms with van der Waals surface area (Å²) in [6, 6.07) is 23.0. The van der Waals surface area contributed by atoms with Gasteiger partial charge in [-0.15, -0.1) is 11.8 Å². The number of carbonyl (C=O) groups is 1. The van der Waals surface area contributed by atoms with E-state index in [4.69, 9.17) is 23.7 Å². The molecule has 0 atom stereocenters. The zero-order valence-electron chi connectivity index (χ0n) is 19.7. The average Bonchev–Trinajstić information content (AvgIpc) is 3.31. The Morgan fingerprint density at radius 3 is 2.20 bits per heavy atom. The number of thioether (sulfide) groups is 1. The largest absolute Gasteiger partial charge is 0.496 e. The molecule has 0 saturated heterocycles. The molecule has 0 saturated carbocycles. The number of hydrogen-bond acceptors (Lipinski definition) is 6. The van der Waals surface area contributed by atoms with Gasteiger partial charge in [0.2, 0.25) is 0 Å². The van der Waals surface area contributed by atoms with Crippen LogP contribution >= 0.6 is 11.8 Å². The van der Waals surface area contributed by atoms with Gasteiger partial charge in [0.15, 0.2) is 11.5 Å². The van der Waals surface area contributed by atoms with Gasteiger partial charge in [0, 0.05) is 27.3 Å². The van der Waals surface area contributed by atoms with E-state index < -0.39 is 5.97 Å². The molecule has 4 aromatic rings. The minimum absolute atomic E-state index is 0.0220. The first-order valence-electron chi connectivity index (χ1n) is 10.9. The van der Waals surface area contributed by atoms with E-state index in [1.165, 1.54) is 0 Å². The van der Waals surface area contributed by atoms with Gasteiger partial charge in [-0.2, -0.15) is 0 Å². The van der Waals surface area contributed by atoms with Crippen molar-refractivity contribution < 1.29 is 28.5 Å². The molecule has 0 fully saturated rings. The van der Waals surface area contributed by atoms with E-state index >= 15 is 0 Å². The van der Waals surface area contributed by atoms with Crippen LogP contribution in [0.5, 0.6) is 17.2 Å². The molecule has 0 radical (unpaired) electrons. The summed E-state index contributed by atoms with van der Waals surface area (Å²) in [6.45, 7) is 0. The fourth-order valence-corrected chi connectivity index (χ4v) is 4.75. The van der Waals surface area contributed by atoms with Crippen molar-refractivity contribution in [2.75, 3.05) is 21.3 Å². The second-order valence-corrected chi connectivity index (χ2v) is 8.76. The van der Waals surface area contributed by atoms with E-state index in [0.717, 1.165) is 38.7 Å². The lowest BCUT2D eigenvalue weighted by atomic mass is 10.1. The predicted molar refractivity (Wildman–Crippen MR) is 137 cm³/mol. The Morgan fingerprint density at radius 2 is 1.51 bits per heavy atom. The number of hydrogen-bond donors (Lipinski definition) is 1. The Labute approximate surface area is 208 Å². The van der Waals surface area contributed by atoms with Crippen LogP contribution < -0.4 is 14.2 Å². The van der Waals surface area contributed by atoms with Gasteiger partial charge in [0.1, 0.15) is 17.3 Å². The molecule has 180 valence electrons. The second kappa shape index (κ2) is 11.1. The fourth-order valence-electron chi connectivity index (χ4n) is 3.75. The normalized spacial score (nSPS) is 10.7. The highest BCUT2D eigenvalue weighted by atomic mass is 32.2. The third kappa shape index (κ3) is 5.63. The maximum Gasteiger partial charge on any atom is 0.307 e. The highest BCUT2D eigenvalue weighted by Crippen LogP contribution is 2.40. The minimum atomic E-state index is -0.861. The molecule has 0 amide bonds. The van der Waals surface area contributed by atoms with Gasteiger partial charge in [0.05, 0.1) is 27.8 Å². The summed E-state index contributed by atoms with van der Waals surface area (Å²) < 4.78 is 22.7. The zero-order valence-corrected chi connectivity index (χ0v) is 20.6. The number of rotatable bonds is 10. The Kier molecular flexibility index (Phi) is 7.67. The van der Waals surface area contributed by atoms with Crippen molar-refractivity contribution in [1.29, 1.82) is 0 Å². The molecule has 1 aromatic heterocycles. The Hall–Kier alpha value is -3.84. The number of carboxylic acid groups (broad SMARTS) is 1. The zero-order chi connectivity index (χ0) is 24.8. The molecule has 6 nitrogen and oxygen atoms in total. The lowest BCUT2D eigenvalue weighted by Gasteiger charge is -2.08. The summed E-state index contributed by atoms with van der Waals surface area (Å²) >= 11 is 1.66. The van der Waals surface area contributed by atoms with Gasteiger partial charge < -0.3 is 23.7 Å². The van der Waals surface area contributed by atoms with Crippen LogP contribution in [0.4, 0.5) is 0 Å². The summed E-state index contributed by atoms with van der Waals surface area (Å²) in [5, 5.41) is 9.08. The Bertz CT molecular complexity index is 1310. The van der Waals surface area contributed by atoms with Crippen molar-refractivity contribution >= 4 is 17.7 Å². The molecule has 0 aliphatic carbocycles. The van der Waals surface area contributed by atoms with E-state index in [0.29, 0.717) is 23.0 Å². The Balaban J connectivity index is 1.71. The van der Waals surface area contributed by atoms with Crippen LogP contribution in [-0.4, -0.2) is 32.4 Å². The lowest BCUT2D eigenvalue weighted by molar-refractivity contribution is -0.136. The SMILES string of the molecule is COc1ccc(-c2cc(CSc3ccccc3OC)c(-c3ccc(CC(=O)O)cc3)o2)cc1OC. The third-order valence-corrected chi connectivity index (χ3v) is 6.60. The van der Waals surface area contributed by atoms with Crippen molar-refractivity contribution in [3.05, 3.63) is 83.9 Å². The van der Waals surface area contributed by atoms with Crippen LogP contribution in [-0.2, 0) is 17.0 Å². The van der Waals surface area contributed by atoms with E-state index in [9.17, 15) is 4.79 Å². The van der Waals surface area contributed by atoms with Crippen LogP contribution in [0.3, 0.4) is 0 Å². The number of furan rings is 1. The van der Waals surface area contributed by atoms with E-state index in [-0.39, 0.29) is 6.42 Å². The summed E-state index contributed by atoms with van der Waals surface area (Å²) in [7, 11) is 4.86. The minimum Gasteiger partial charge on any atom is -0.496 e. The van der Waals surface area contributed by atoms with Gasteiger partial charge in [-0.25, -0.2) is 0 Å². The standard InChI is InChI=1S/C28H26O6S/c1-31-22-13-12-20(15-25(22)33-3)24-16-21(17-35-26-7-5-4-6-23(26)32-2)28(34-24)19-10-8-18(9-11-19)14-27(29)30/h4-13,15-16H,14,17H2,1-3H3,(H,29,30). The number of benzene rings is 3. The molecule has 1 N–H and O–H groups in total. The molecule has 0 aliphatic heterocycles. The molecule has 7 heteroatoms. The molecule has 35 heavy (non-hydrogen) atoms. The highest BCUT2D eigenvalue weighted by Gasteiger charge is 2.17. The molecule has 0 aliphatic rings. The molecule has 0 bridgehead atoms. The average molecular weight is 491 g/mol. The number of para-hydroxylation sites is 1. The van der Waals surface area contributed by atoms with Crippen molar-refractivity contribution in [2.24, 2.45) is 0 Å². The Morgan fingerprint density at radius 1 is 0.829 bits per heavy atom. The van der Waals surface area contributed by atoms with Gasteiger partial charge >= 0.3 is 5.97 Å². The maximum absolute atomic E-state index is 11.1. The van der Waals surface area contributed by atoms with Crippen LogP contribution in [0.15, 0.2) is 82.1 Å². The smallest absolute Gasteiger partial charge is 0.307 e. The van der Waals surface area contributed by atoms with Gasteiger partial charge in [-0.1, -0.05) is 36.4 Å². The number of ether oxygens (including phenoxy) is 3. The number of methoxy groups -OCH3 is 3. The molecule has 1 heterocycles. The van der Waals surface area contributed by atoms with Crippen LogP contribution in [0, 0.1) is 0 Å². The van der Waals surface area contributed by atoms with Crippen LogP contribution in [0.2, 0.25) is 0 Å². The summed E-state index contributed by atoms with van der Waals surface area (Å²) in [6.07, 6.45) is -0.0220. The highest BCUT2D eigenvalue weighted by molar-refractivity contribution is 7.98. The summed E-state index contributed by atoms with van der Waals surface area (Å²) in [4.78, 5) is 12.1. The summed E-state index contributed by atoms with van der Waals surface area (Å²) in [5.41, 5.74) is 3.48. The van der Waals surface area contributed by atoms with Crippen molar-refractivity contribution in [3.8, 4) is 39.9 Å². The number of aliphatic carboxylic acids is 1. The topological polar surface area (TPSA) is 78.1 Å². The fraction of sp³-hybridized carbons (Fsp3) is 0.179. The van der Waals surface area contributed by atoms with E-state index in [1.54, 1.807) is 33.1 Å². The summed E-state index contributed by atoms with van der Waals surface area (Å²) in [5.74, 6) is 3.31. The van der Waals surface area contributed by atoms with Crippen LogP contribution in [0.25, 0.3) is 22.6 Å².